The van der Waals surface area contributed by atoms with Gasteiger partial charge in [-0.25, -0.2) is 0 Å². The van der Waals surface area contributed by atoms with E-state index in [1.54, 1.807) is 0 Å². The van der Waals surface area contributed by atoms with Crippen molar-refractivity contribution in [3.63, 3.8) is 0 Å². The fourth-order valence-electron chi connectivity index (χ4n) is 1.35. The normalized spacial score (nSPS) is 11.4. The number of aliphatic hydroxyl groups is 1. The number of nitro groups is 1. The molecule has 0 bridgehead atoms. The molecule has 1 atom stereocenters. The molecule has 0 aromatic heterocycles. The van der Waals surface area contributed by atoms with Gasteiger partial charge in [0.2, 0.25) is 0 Å². The van der Waals surface area contributed by atoms with Crippen molar-refractivity contribution < 1.29 is 14.8 Å². The summed E-state index contributed by atoms with van der Waals surface area (Å²) in [4.78, 5) is 21.4. The maximum absolute atomic E-state index is 11.2. The van der Waals surface area contributed by atoms with Crippen LogP contribution in [0, 0.1) is 22.5 Å². The number of aliphatic hydroxyl groups excluding tert-OH is 1. The molecule has 0 spiro atoms. The number of rotatable bonds is 5. The number of hydrogen-bond donors (Lipinski definition) is 2. The molecule has 0 aliphatic heterocycles. The monoisotopic (exact) mass is 248 g/mol. The lowest BCUT2D eigenvalue weighted by Gasteiger charge is -2.12. The molecule has 94 valence electrons. The number of carbonyl (C=O) groups is 1. The maximum Gasteiger partial charge on any atom is 0.293 e. The highest BCUT2D eigenvalue weighted by molar-refractivity contribution is 5.95. The van der Waals surface area contributed by atoms with Crippen molar-refractivity contribution in [1.29, 1.82) is 0 Å². The summed E-state index contributed by atoms with van der Waals surface area (Å²) >= 11 is 0. The number of nitro benzene ring substituents is 1. The zero-order valence-electron chi connectivity index (χ0n) is 9.71. The Hall–Kier alpha value is -2.39. The van der Waals surface area contributed by atoms with Crippen molar-refractivity contribution in [3.05, 3.63) is 33.9 Å². The van der Waals surface area contributed by atoms with Crippen molar-refractivity contribution in [2.24, 2.45) is 0 Å². The second-order valence-corrected chi connectivity index (χ2v) is 3.59. The molecule has 0 saturated carbocycles. The first-order valence-electron chi connectivity index (χ1n) is 5.12. The molecule has 18 heavy (non-hydrogen) atoms. The van der Waals surface area contributed by atoms with E-state index in [0.29, 0.717) is 0 Å². The zero-order valence-corrected chi connectivity index (χ0v) is 9.71. The summed E-state index contributed by atoms with van der Waals surface area (Å²) in [5.74, 6) is 1.99. The molecule has 0 saturated heterocycles. The highest BCUT2D eigenvalue weighted by Gasteiger charge is 2.17. The Morgan fingerprint density at radius 1 is 1.67 bits per heavy atom. The van der Waals surface area contributed by atoms with Gasteiger partial charge in [-0.2, -0.15) is 0 Å². The highest BCUT2D eigenvalue weighted by Crippen LogP contribution is 2.26. The van der Waals surface area contributed by atoms with Crippen molar-refractivity contribution in [2.45, 2.75) is 13.0 Å². The summed E-state index contributed by atoms with van der Waals surface area (Å²) in [6.07, 6.45) is 5.14. The Bertz CT molecular complexity index is 519. The largest absolute Gasteiger partial charge is 0.393 e. The number of nitrogens with zero attached hydrogens (tertiary/aromatic N) is 1. The summed E-state index contributed by atoms with van der Waals surface area (Å²) in [6.45, 7) is 0.978. The minimum absolute atomic E-state index is 0.169. The maximum atomic E-state index is 11.2. The second kappa shape index (κ2) is 5.80. The van der Waals surface area contributed by atoms with Crippen LogP contribution in [-0.4, -0.2) is 28.5 Å². The molecule has 0 heterocycles. The summed E-state index contributed by atoms with van der Waals surface area (Å²) in [5, 5.41) is 22.5. The van der Waals surface area contributed by atoms with Crippen molar-refractivity contribution in [2.75, 3.05) is 11.9 Å². The highest BCUT2D eigenvalue weighted by atomic mass is 16.6. The van der Waals surface area contributed by atoms with Crippen LogP contribution in [0.1, 0.15) is 17.3 Å². The van der Waals surface area contributed by atoms with Gasteiger partial charge in [-0.15, -0.1) is 6.42 Å². The third-order valence-electron chi connectivity index (χ3n) is 2.31. The molecule has 2 N–H and O–H groups in total. The van der Waals surface area contributed by atoms with E-state index in [-0.39, 0.29) is 29.3 Å². The van der Waals surface area contributed by atoms with Crippen LogP contribution in [0.25, 0.3) is 0 Å². The topological polar surface area (TPSA) is 92.5 Å². The molecule has 0 aliphatic carbocycles. The lowest BCUT2D eigenvalue weighted by Crippen LogP contribution is -2.22. The second-order valence-electron chi connectivity index (χ2n) is 3.59. The van der Waals surface area contributed by atoms with Crippen LogP contribution >= 0.6 is 0 Å². The predicted octanol–water partition coefficient (Wildman–Crippen LogP) is 1.20. The van der Waals surface area contributed by atoms with Gasteiger partial charge in [0, 0.05) is 11.6 Å². The average molecular weight is 248 g/mol. The third kappa shape index (κ3) is 3.06. The Kier molecular flexibility index (Phi) is 4.40. The van der Waals surface area contributed by atoms with Gasteiger partial charge in [-0.1, -0.05) is 5.92 Å². The van der Waals surface area contributed by atoms with Crippen LogP contribution in [0.3, 0.4) is 0 Å². The van der Waals surface area contributed by atoms with Crippen molar-refractivity contribution in [1.82, 2.24) is 0 Å². The van der Waals surface area contributed by atoms with Gasteiger partial charge in [-0.3, -0.25) is 14.9 Å². The number of terminal acetylenes is 1. The molecule has 1 rings (SSSR count). The molecule has 6 heteroatoms. The number of carbonyl (C=O) groups excluding carboxylic acids is 1. The molecule has 0 radical (unpaired) electrons. The van der Waals surface area contributed by atoms with E-state index in [1.807, 2.05) is 0 Å². The van der Waals surface area contributed by atoms with Crippen LogP contribution < -0.4 is 5.32 Å². The smallest absolute Gasteiger partial charge is 0.293 e. The number of benzene rings is 1. The van der Waals surface area contributed by atoms with E-state index in [4.69, 9.17) is 11.5 Å². The van der Waals surface area contributed by atoms with E-state index < -0.39 is 11.0 Å². The first-order valence-corrected chi connectivity index (χ1v) is 5.12. The summed E-state index contributed by atoms with van der Waals surface area (Å²) in [6, 6.07) is 3.32. The molecule has 1 aromatic rings. The standard InChI is InChI=1S/C12H12N2O4/c1-3-10(7-15)13-11-5-4-9(8(2)16)6-12(11)14(17)18/h1,4-6,10,13,15H,7H2,2H3. The number of anilines is 1. The van der Waals surface area contributed by atoms with E-state index in [2.05, 4.69) is 11.2 Å². The minimum atomic E-state index is -0.716. The lowest BCUT2D eigenvalue weighted by molar-refractivity contribution is -0.384. The van der Waals surface area contributed by atoms with Gasteiger partial charge in [0.1, 0.15) is 11.7 Å². The number of ketones is 1. The Balaban J connectivity index is 3.16. The van der Waals surface area contributed by atoms with Crippen LogP contribution in [0.2, 0.25) is 0 Å². The van der Waals surface area contributed by atoms with Gasteiger partial charge in [0.05, 0.1) is 11.5 Å². The molecular formula is C12H12N2O4. The number of nitrogens with one attached hydrogen (secondary N) is 1. The van der Waals surface area contributed by atoms with Gasteiger partial charge >= 0.3 is 0 Å². The minimum Gasteiger partial charge on any atom is -0.393 e. The van der Waals surface area contributed by atoms with Crippen molar-refractivity contribution in [3.8, 4) is 12.3 Å². The van der Waals surface area contributed by atoms with E-state index >= 15 is 0 Å². The number of Topliss-reactive ketones (excluding diaryl/α,β-unsaturated/α-hetero) is 1. The summed E-state index contributed by atoms with van der Waals surface area (Å²) in [7, 11) is 0. The molecule has 1 aromatic carbocycles. The van der Waals surface area contributed by atoms with Crippen LogP contribution in [-0.2, 0) is 0 Å². The SMILES string of the molecule is C#CC(CO)Nc1ccc(C(C)=O)cc1[N+](=O)[O-]. The van der Waals surface area contributed by atoms with Crippen molar-refractivity contribution >= 4 is 17.2 Å². The fourth-order valence-corrected chi connectivity index (χ4v) is 1.35. The quantitative estimate of drug-likeness (QED) is 0.353. The third-order valence-corrected chi connectivity index (χ3v) is 2.31. The first-order chi connectivity index (χ1) is 8.49. The first kappa shape index (κ1) is 13.7. The molecule has 0 fully saturated rings. The van der Waals surface area contributed by atoms with Gasteiger partial charge in [0.25, 0.3) is 5.69 Å². The molecule has 0 amide bonds. The van der Waals surface area contributed by atoms with E-state index in [9.17, 15) is 14.9 Å². The van der Waals surface area contributed by atoms with Gasteiger partial charge in [0.15, 0.2) is 5.78 Å². The van der Waals surface area contributed by atoms with Crippen LogP contribution in [0.15, 0.2) is 18.2 Å². The zero-order chi connectivity index (χ0) is 13.7. The predicted molar refractivity (Wildman–Crippen MR) is 66.4 cm³/mol. The molecular weight excluding hydrogens is 236 g/mol. The molecule has 1 unspecified atom stereocenters. The fraction of sp³-hybridized carbons (Fsp3) is 0.250. The Labute approximate surface area is 104 Å². The van der Waals surface area contributed by atoms with E-state index in [1.165, 1.54) is 25.1 Å². The Morgan fingerprint density at radius 2 is 2.33 bits per heavy atom. The molecule has 6 nitrogen and oxygen atoms in total. The van der Waals surface area contributed by atoms with Gasteiger partial charge < -0.3 is 10.4 Å². The van der Waals surface area contributed by atoms with E-state index in [0.717, 1.165) is 0 Å². The Morgan fingerprint density at radius 3 is 2.78 bits per heavy atom. The summed E-state index contributed by atoms with van der Waals surface area (Å²) in [5.41, 5.74) is 0.159. The lowest BCUT2D eigenvalue weighted by atomic mass is 10.1. The number of hydrogen-bond acceptors (Lipinski definition) is 5. The van der Waals surface area contributed by atoms with Crippen LogP contribution in [0.5, 0.6) is 0 Å². The summed E-state index contributed by atoms with van der Waals surface area (Å²) < 4.78 is 0. The van der Waals surface area contributed by atoms with Gasteiger partial charge in [-0.05, 0) is 19.1 Å². The van der Waals surface area contributed by atoms with Crippen LogP contribution in [0.4, 0.5) is 11.4 Å². The average Bonchev–Trinajstić information content (AvgIpc) is 2.35. The molecule has 0 aliphatic rings.